The monoisotopic (exact) mass is 298 g/mol. The third-order valence-corrected chi connectivity index (χ3v) is 3.95. The van der Waals surface area contributed by atoms with Crippen molar-refractivity contribution in [1.29, 1.82) is 0 Å². The maximum Gasteiger partial charge on any atom is 0.338 e. The molecule has 0 radical (unpaired) electrons. The smallest absolute Gasteiger partial charge is 0.338 e. The fourth-order valence-electron chi connectivity index (χ4n) is 1.70. The second-order valence-electron chi connectivity index (χ2n) is 4.18. The van der Waals surface area contributed by atoms with Crippen molar-refractivity contribution in [2.75, 3.05) is 25.0 Å². The maximum absolute atomic E-state index is 12.1. The SMILES string of the molecule is C=CCN(CCO)C(=O)Nc1sc(C)c(C)c1C(=O)O. The number of carbonyl (C=O) groups excluding carboxylic acids is 1. The van der Waals surface area contributed by atoms with Crippen molar-refractivity contribution >= 4 is 28.3 Å². The minimum atomic E-state index is -1.07. The number of aliphatic hydroxyl groups excluding tert-OH is 1. The maximum atomic E-state index is 12.1. The van der Waals surface area contributed by atoms with Crippen LogP contribution < -0.4 is 5.32 Å². The van der Waals surface area contributed by atoms with E-state index in [1.54, 1.807) is 13.8 Å². The molecule has 0 aromatic carbocycles. The number of carbonyl (C=O) groups is 2. The van der Waals surface area contributed by atoms with Crippen molar-refractivity contribution in [3.05, 3.63) is 28.7 Å². The summed E-state index contributed by atoms with van der Waals surface area (Å²) < 4.78 is 0. The number of aromatic carboxylic acids is 1. The van der Waals surface area contributed by atoms with E-state index in [-0.39, 0.29) is 25.3 Å². The first-order valence-corrected chi connectivity index (χ1v) is 6.85. The lowest BCUT2D eigenvalue weighted by Crippen LogP contribution is -2.37. The Morgan fingerprint density at radius 1 is 1.45 bits per heavy atom. The van der Waals surface area contributed by atoms with E-state index in [9.17, 15) is 14.7 Å². The Balaban J connectivity index is 2.97. The van der Waals surface area contributed by atoms with Gasteiger partial charge in [0.05, 0.1) is 12.2 Å². The number of urea groups is 1. The zero-order valence-corrected chi connectivity index (χ0v) is 12.3. The Labute approximate surface area is 121 Å². The van der Waals surface area contributed by atoms with Crippen LogP contribution in [0.2, 0.25) is 0 Å². The van der Waals surface area contributed by atoms with Gasteiger partial charge in [0.25, 0.3) is 0 Å². The molecule has 0 unspecified atom stereocenters. The number of thiophene rings is 1. The van der Waals surface area contributed by atoms with Gasteiger partial charge in [0.15, 0.2) is 0 Å². The van der Waals surface area contributed by atoms with Crippen molar-refractivity contribution < 1.29 is 19.8 Å². The molecule has 1 aromatic rings. The zero-order valence-electron chi connectivity index (χ0n) is 11.5. The molecular formula is C13H18N2O4S. The van der Waals surface area contributed by atoms with Crippen LogP contribution in [-0.2, 0) is 0 Å². The van der Waals surface area contributed by atoms with Gasteiger partial charge < -0.3 is 15.1 Å². The topological polar surface area (TPSA) is 89.9 Å². The van der Waals surface area contributed by atoms with Gasteiger partial charge in [-0.3, -0.25) is 5.32 Å². The molecule has 0 saturated carbocycles. The average Bonchev–Trinajstić information content (AvgIpc) is 2.64. The molecule has 3 N–H and O–H groups in total. The Morgan fingerprint density at radius 2 is 2.10 bits per heavy atom. The summed E-state index contributed by atoms with van der Waals surface area (Å²) in [6, 6.07) is -0.456. The van der Waals surface area contributed by atoms with Gasteiger partial charge in [0.2, 0.25) is 0 Å². The summed E-state index contributed by atoms with van der Waals surface area (Å²) in [6.07, 6.45) is 1.54. The van der Waals surface area contributed by atoms with Crippen LogP contribution in [0.3, 0.4) is 0 Å². The minimum absolute atomic E-state index is 0.114. The Kier molecular flexibility index (Phi) is 5.72. The molecule has 0 atom stereocenters. The van der Waals surface area contributed by atoms with E-state index in [2.05, 4.69) is 11.9 Å². The van der Waals surface area contributed by atoms with E-state index < -0.39 is 12.0 Å². The number of hydrogen-bond donors (Lipinski definition) is 3. The van der Waals surface area contributed by atoms with E-state index in [1.807, 2.05) is 0 Å². The van der Waals surface area contributed by atoms with Crippen LogP contribution >= 0.6 is 11.3 Å². The second kappa shape index (κ2) is 7.06. The van der Waals surface area contributed by atoms with Crippen LogP contribution in [0, 0.1) is 13.8 Å². The Bertz CT molecular complexity index is 525. The normalized spacial score (nSPS) is 10.2. The molecule has 1 aromatic heterocycles. The molecule has 110 valence electrons. The molecule has 0 fully saturated rings. The number of aryl methyl sites for hydroxylation is 1. The third-order valence-electron chi connectivity index (χ3n) is 2.83. The first-order valence-electron chi connectivity index (χ1n) is 6.03. The largest absolute Gasteiger partial charge is 0.478 e. The highest BCUT2D eigenvalue weighted by atomic mass is 32.1. The second-order valence-corrected chi connectivity index (χ2v) is 5.41. The van der Waals surface area contributed by atoms with Gasteiger partial charge in [-0.05, 0) is 19.4 Å². The molecule has 0 aliphatic carbocycles. The lowest BCUT2D eigenvalue weighted by molar-refractivity contribution is 0.0697. The van der Waals surface area contributed by atoms with E-state index in [0.717, 1.165) is 4.88 Å². The van der Waals surface area contributed by atoms with Crippen molar-refractivity contribution in [1.82, 2.24) is 4.90 Å². The molecular weight excluding hydrogens is 280 g/mol. The number of nitrogens with one attached hydrogen (secondary N) is 1. The van der Waals surface area contributed by atoms with Crippen LogP contribution in [0.25, 0.3) is 0 Å². The molecule has 0 saturated heterocycles. The molecule has 7 heteroatoms. The number of carboxylic acid groups (broad SMARTS) is 1. The summed E-state index contributed by atoms with van der Waals surface area (Å²) in [5.41, 5.74) is 0.763. The first-order chi connectivity index (χ1) is 9.42. The minimum Gasteiger partial charge on any atom is -0.478 e. The van der Waals surface area contributed by atoms with Crippen LogP contribution in [0.4, 0.5) is 9.80 Å². The molecule has 2 amide bonds. The number of nitrogens with zero attached hydrogens (tertiary/aromatic N) is 1. The molecule has 0 aliphatic rings. The summed E-state index contributed by atoms with van der Waals surface area (Å²) in [6.45, 7) is 7.31. The summed E-state index contributed by atoms with van der Waals surface area (Å²) in [5.74, 6) is -1.07. The Morgan fingerprint density at radius 3 is 2.60 bits per heavy atom. The number of amides is 2. The number of rotatable bonds is 6. The molecule has 1 heterocycles. The highest BCUT2D eigenvalue weighted by molar-refractivity contribution is 7.16. The number of carboxylic acids is 1. The quantitative estimate of drug-likeness (QED) is 0.701. The fraction of sp³-hybridized carbons (Fsp3) is 0.385. The number of anilines is 1. The van der Waals surface area contributed by atoms with Crippen molar-refractivity contribution in [2.45, 2.75) is 13.8 Å². The van der Waals surface area contributed by atoms with Gasteiger partial charge in [0, 0.05) is 18.0 Å². The molecule has 20 heavy (non-hydrogen) atoms. The third kappa shape index (κ3) is 3.58. The summed E-state index contributed by atoms with van der Waals surface area (Å²) in [4.78, 5) is 25.5. The summed E-state index contributed by atoms with van der Waals surface area (Å²) >= 11 is 1.22. The number of aliphatic hydroxyl groups is 1. The van der Waals surface area contributed by atoms with E-state index >= 15 is 0 Å². The summed E-state index contributed by atoms with van der Waals surface area (Å²) in [5, 5.41) is 21.0. The summed E-state index contributed by atoms with van der Waals surface area (Å²) in [7, 11) is 0. The zero-order chi connectivity index (χ0) is 15.3. The highest BCUT2D eigenvalue weighted by Gasteiger charge is 2.21. The number of hydrogen-bond acceptors (Lipinski definition) is 4. The molecule has 1 rings (SSSR count). The molecule has 0 spiro atoms. The lowest BCUT2D eigenvalue weighted by Gasteiger charge is -2.20. The van der Waals surface area contributed by atoms with Gasteiger partial charge in [0.1, 0.15) is 5.00 Å². The van der Waals surface area contributed by atoms with Crippen LogP contribution in [-0.4, -0.2) is 46.8 Å². The fourth-order valence-corrected chi connectivity index (χ4v) is 2.74. The van der Waals surface area contributed by atoms with E-state index in [1.165, 1.54) is 22.3 Å². The Hall–Kier alpha value is -1.86. The molecule has 0 bridgehead atoms. The molecule has 0 aliphatic heterocycles. The van der Waals surface area contributed by atoms with Gasteiger partial charge in [-0.2, -0.15) is 0 Å². The van der Waals surface area contributed by atoms with Crippen LogP contribution in [0.15, 0.2) is 12.7 Å². The van der Waals surface area contributed by atoms with Crippen LogP contribution in [0.1, 0.15) is 20.8 Å². The average molecular weight is 298 g/mol. The van der Waals surface area contributed by atoms with E-state index in [4.69, 9.17) is 5.11 Å². The van der Waals surface area contributed by atoms with Gasteiger partial charge in [-0.15, -0.1) is 17.9 Å². The van der Waals surface area contributed by atoms with Gasteiger partial charge in [-0.1, -0.05) is 6.08 Å². The van der Waals surface area contributed by atoms with Crippen molar-refractivity contribution in [3.63, 3.8) is 0 Å². The van der Waals surface area contributed by atoms with Crippen LogP contribution in [0.5, 0.6) is 0 Å². The highest BCUT2D eigenvalue weighted by Crippen LogP contribution is 2.32. The predicted octanol–water partition coefficient (Wildman–Crippen LogP) is 2.08. The van der Waals surface area contributed by atoms with Gasteiger partial charge in [-0.25, -0.2) is 9.59 Å². The lowest BCUT2D eigenvalue weighted by atomic mass is 10.1. The van der Waals surface area contributed by atoms with Gasteiger partial charge >= 0.3 is 12.0 Å². The predicted molar refractivity (Wildman–Crippen MR) is 78.6 cm³/mol. The van der Waals surface area contributed by atoms with Crippen molar-refractivity contribution in [2.24, 2.45) is 0 Å². The van der Waals surface area contributed by atoms with E-state index in [0.29, 0.717) is 10.6 Å². The molecule has 6 nitrogen and oxygen atoms in total. The van der Waals surface area contributed by atoms with Crippen molar-refractivity contribution in [3.8, 4) is 0 Å². The standard InChI is InChI=1S/C13H18N2O4S/c1-4-5-15(6-7-16)13(19)14-11-10(12(17)18)8(2)9(3)20-11/h4,16H,1,5-7H2,2-3H3,(H,14,19)(H,17,18). The first kappa shape index (κ1) is 16.2.